The predicted octanol–water partition coefficient (Wildman–Crippen LogP) is 2.87. The zero-order valence-electron chi connectivity index (χ0n) is 10.4. The standard InChI is InChI=1S/C18H16.2Li.2H/c1-2-5-13(6-3-1)17-10-9-16-11-14-7-4-8-15(14)12-18(16)17;;;;/h1-3,5-6,10-12H,4,7-9H2;;;;. The quantitative estimate of drug-likeness (QED) is 0.681. The van der Waals surface area contributed by atoms with Gasteiger partial charge in [0, 0.05) is 0 Å². The van der Waals surface area contributed by atoms with Crippen molar-refractivity contribution in [1.82, 2.24) is 0 Å². The SMILES string of the molecule is C1=C(c2ccccc2)c2cc3c(cc2C1)CCC3.[LiH].[LiH]. The van der Waals surface area contributed by atoms with Gasteiger partial charge in [0.15, 0.2) is 0 Å². The molecule has 0 amide bonds. The average molecular weight is 248 g/mol. The van der Waals surface area contributed by atoms with E-state index in [9.17, 15) is 0 Å². The maximum absolute atomic E-state index is 2.45. The number of rotatable bonds is 1. The molecule has 2 aromatic carbocycles. The van der Waals surface area contributed by atoms with Gasteiger partial charge in [-0.15, -0.1) is 0 Å². The fraction of sp³-hybridized carbons (Fsp3) is 0.222. The van der Waals surface area contributed by atoms with Gasteiger partial charge in [0.25, 0.3) is 0 Å². The number of benzene rings is 2. The van der Waals surface area contributed by atoms with Gasteiger partial charge >= 0.3 is 37.7 Å². The van der Waals surface area contributed by atoms with E-state index >= 15 is 0 Å². The van der Waals surface area contributed by atoms with Crippen molar-refractivity contribution in [3.63, 3.8) is 0 Å². The molecule has 0 fully saturated rings. The van der Waals surface area contributed by atoms with Crippen LogP contribution in [-0.4, -0.2) is 37.7 Å². The van der Waals surface area contributed by atoms with Crippen LogP contribution in [0.25, 0.3) is 5.57 Å². The molecule has 0 saturated heterocycles. The van der Waals surface area contributed by atoms with Gasteiger partial charge < -0.3 is 0 Å². The molecule has 0 aliphatic heterocycles. The van der Waals surface area contributed by atoms with Crippen molar-refractivity contribution in [3.05, 3.63) is 76.4 Å². The van der Waals surface area contributed by atoms with Crippen molar-refractivity contribution >= 4 is 43.3 Å². The van der Waals surface area contributed by atoms with E-state index < -0.39 is 0 Å². The summed E-state index contributed by atoms with van der Waals surface area (Å²) >= 11 is 0. The molecule has 0 bridgehead atoms. The van der Waals surface area contributed by atoms with Gasteiger partial charge in [0.05, 0.1) is 0 Å². The van der Waals surface area contributed by atoms with Gasteiger partial charge in [0.2, 0.25) is 0 Å². The molecule has 2 aliphatic rings. The van der Waals surface area contributed by atoms with Crippen LogP contribution in [0.4, 0.5) is 0 Å². The van der Waals surface area contributed by atoms with E-state index in [4.69, 9.17) is 0 Å². The van der Waals surface area contributed by atoms with Crippen LogP contribution in [0.15, 0.2) is 48.5 Å². The van der Waals surface area contributed by atoms with E-state index in [2.05, 4.69) is 48.5 Å². The molecule has 4 rings (SSSR count). The first-order chi connectivity index (χ1) is 8.92. The Labute approximate surface area is 145 Å². The Hall–Kier alpha value is -0.625. The molecule has 20 heavy (non-hydrogen) atoms. The van der Waals surface area contributed by atoms with Crippen molar-refractivity contribution in [2.45, 2.75) is 25.7 Å². The summed E-state index contributed by atoms with van der Waals surface area (Å²) in [6.45, 7) is 0. The van der Waals surface area contributed by atoms with E-state index in [0.29, 0.717) is 0 Å². The summed E-state index contributed by atoms with van der Waals surface area (Å²) in [6.07, 6.45) is 7.37. The van der Waals surface area contributed by atoms with E-state index in [0.717, 1.165) is 6.42 Å². The van der Waals surface area contributed by atoms with Crippen LogP contribution in [0.1, 0.15) is 34.2 Å². The molecule has 0 aromatic heterocycles. The van der Waals surface area contributed by atoms with E-state index in [-0.39, 0.29) is 37.7 Å². The third kappa shape index (κ3) is 2.59. The molecule has 92 valence electrons. The molecule has 0 saturated carbocycles. The number of aryl methyl sites for hydroxylation is 2. The van der Waals surface area contributed by atoms with Crippen LogP contribution in [0.5, 0.6) is 0 Å². The number of hydrogen-bond acceptors (Lipinski definition) is 0. The van der Waals surface area contributed by atoms with Crippen molar-refractivity contribution in [1.29, 1.82) is 0 Å². The van der Waals surface area contributed by atoms with Gasteiger partial charge in [0.1, 0.15) is 0 Å². The number of hydrogen-bond donors (Lipinski definition) is 0. The summed E-state index contributed by atoms with van der Waals surface area (Å²) in [7, 11) is 0. The Bertz CT molecular complexity index is 642. The minimum absolute atomic E-state index is 0. The van der Waals surface area contributed by atoms with Crippen LogP contribution in [0.2, 0.25) is 0 Å². The Morgan fingerprint density at radius 3 is 2.20 bits per heavy atom. The predicted molar refractivity (Wildman–Crippen MR) is 90.0 cm³/mol. The van der Waals surface area contributed by atoms with Crippen LogP contribution in [0, 0.1) is 0 Å². The monoisotopic (exact) mass is 248 g/mol. The summed E-state index contributed by atoms with van der Waals surface area (Å²) < 4.78 is 0. The molecule has 0 nitrogen and oxygen atoms in total. The fourth-order valence-corrected chi connectivity index (χ4v) is 3.31. The zero-order chi connectivity index (χ0) is 11.9. The normalized spacial score (nSPS) is 14.7. The Kier molecular flexibility index (Phi) is 5.06. The first-order valence-corrected chi connectivity index (χ1v) is 6.82. The second-order valence-corrected chi connectivity index (χ2v) is 5.32. The molecule has 0 spiro atoms. The van der Waals surface area contributed by atoms with Gasteiger partial charge in [-0.05, 0) is 59.1 Å². The van der Waals surface area contributed by atoms with E-state index in [1.807, 2.05) is 0 Å². The third-order valence-corrected chi connectivity index (χ3v) is 4.22. The topological polar surface area (TPSA) is 0 Å². The molecule has 2 aromatic rings. The van der Waals surface area contributed by atoms with Gasteiger partial charge in [-0.25, -0.2) is 0 Å². The summed E-state index contributed by atoms with van der Waals surface area (Å²) in [4.78, 5) is 0. The van der Waals surface area contributed by atoms with Crippen LogP contribution in [-0.2, 0) is 19.3 Å². The van der Waals surface area contributed by atoms with E-state index in [1.54, 1.807) is 11.1 Å². The molecule has 0 atom stereocenters. The molecule has 0 unspecified atom stereocenters. The van der Waals surface area contributed by atoms with Crippen molar-refractivity contribution in [3.8, 4) is 0 Å². The second kappa shape index (κ2) is 6.43. The maximum atomic E-state index is 2.45. The first kappa shape index (κ1) is 15.8. The Morgan fingerprint density at radius 1 is 0.750 bits per heavy atom. The van der Waals surface area contributed by atoms with Crippen LogP contribution < -0.4 is 0 Å². The molecule has 0 radical (unpaired) electrons. The van der Waals surface area contributed by atoms with Gasteiger partial charge in [-0.1, -0.05) is 48.5 Å². The summed E-state index contributed by atoms with van der Waals surface area (Å²) in [5.74, 6) is 0. The average Bonchev–Trinajstić information content (AvgIpc) is 3.02. The van der Waals surface area contributed by atoms with Crippen LogP contribution >= 0.6 is 0 Å². The zero-order valence-corrected chi connectivity index (χ0v) is 10.4. The summed E-state index contributed by atoms with van der Waals surface area (Å²) in [5, 5.41) is 0. The Balaban J connectivity index is 0.000000735. The molecule has 0 heterocycles. The number of fused-ring (bicyclic) bond motifs is 2. The Morgan fingerprint density at radius 2 is 1.45 bits per heavy atom. The first-order valence-electron chi connectivity index (χ1n) is 6.82. The van der Waals surface area contributed by atoms with Crippen molar-refractivity contribution < 1.29 is 0 Å². The van der Waals surface area contributed by atoms with Gasteiger partial charge in [-0.2, -0.15) is 0 Å². The van der Waals surface area contributed by atoms with Crippen molar-refractivity contribution in [2.24, 2.45) is 0 Å². The van der Waals surface area contributed by atoms with E-state index in [1.165, 1.54) is 41.5 Å². The molecule has 2 heteroatoms. The molecular weight excluding hydrogens is 230 g/mol. The fourth-order valence-electron chi connectivity index (χ4n) is 3.31. The summed E-state index contributed by atoms with van der Waals surface area (Å²) in [5.41, 5.74) is 8.96. The minimum atomic E-state index is 0. The van der Waals surface area contributed by atoms with Gasteiger partial charge in [-0.3, -0.25) is 0 Å². The third-order valence-electron chi connectivity index (χ3n) is 4.22. The second-order valence-electron chi connectivity index (χ2n) is 5.32. The summed E-state index contributed by atoms with van der Waals surface area (Å²) in [6, 6.07) is 15.7. The molecule has 0 N–H and O–H groups in total. The molecular formula is C18H18Li2. The number of allylic oxidation sites excluding steroid dienone is 1. The van der Waals surface area contributed by atoms with Crippen molar-refractivity contribution in [2.75, 3.05) is 0 Å². The molecule has 2 aliphatic carbocycles. The van der Waals surface area contributed by atoms with Crippen LogP contribution in [0.3, 0.4) is 0 Å².